The highest BCUT2D eigenvalue weighted by Gasteiger charge is 2.27. The lowest BCUT2D eigenvalue weighted by atomic mass is 9.95. The van der Waals surface area contributed by atoms with Gasteiger partial charge < -0.3 is 11.1 Å². The molecule has 2 atom stereocenters. The van der Waals surface area contributed by atoms with Gasteiger partial charge in [0.2, 0.25) is 5.91 Å². The Balaban J connectivity index is 2.30. The van der Waals surface area contributed by atoms with E-state index in [9.17, 15) is 4.79 Å². The molecule has 0 aromatic carbocycles. The van der Waals surface area contributed by atoms with E-state index in [2.05, 4.69) is 24.1 Å². The van der Waals surface area contributed by atoms with E-state index in [-0.39, 0.29) is 11.8 Å². The van der Waals surface area contributed by atoms with Gasteiger partial charge in [-0.1, -0.05) is 32.6 Å². The maximum Gasteiger partial charge on any atom is 0.224 e. The summed E-state index contributed by atoms with van der Waals surface area (Å²) in [7, 11) is 0. The van der Waals surface area contributed by atoms with Crippen molar-refractivity contribution in [1.29, 1.82) is 0 Å². The average Bonchev–Trinajstić information content (AvgIpc) is 2.49. The molecule has 0 aliphatic carbocycles. The predicted molar refractivity (Wildman–Crippen MR) is 84.6 cm³/mol. The van der Waals surface area contributed by atoms with E-state index < -0.39 is 0 Å². The van der Waals surface area contributed by atoms with E-state index in [4.69, 9.17) is 5.73 Å². The number of likely N-dealkylation sites (tertiary alicyclic amines) is 1. The molecule has 1 aliphatic heterocycles. The third kappa shape index (κ3) is 6.23. The smallest absolute Gasteiger partial charge is 0.224 e. The van der Waals surface area contributed by atoms with Gasteiger partial charge >= 0.3 is 0 Å². The number of nitrogens with zero attached hydrogens (tertiary/aromatic N) is 1. The fourth-order valence-corrected chi connectivity index (χ4v) is 3.01. The number of unbranched alkanes of at least 4 members (excludes halogenated alkanes) is 3. The van der Waals surface area contributed by atoms with Crippen molar-refractivity contribution in [1.82, 2.24) is 10.2 Å². The zero-order chi connectivity index (χ0) is 14.8. The van der Waals surface area contributed by atoms with Gasteiger partial charge in [-0.05, 0) is 32.7 Å². The average molecular weight is 283 g/mol. The quantitative estimate of drug-likeness (QED) is 0.637. The molecule has 20 heavy (non-hydrogen) atoms. The summed E-state index contributed by atoms with van der Waals surface area (Å²) in [6.07, 6.45) is 8.72. The number of piperidine rings is 1. The number of rotatable bonds is 9. The van der Waals surface area contributed by atoms with Gasteiger partial charge in [0, 0.05) is 25.7 Å². The standard InChI is InChI=1S/C16H33N3O/c1-3-4-5-6-8-14(2)19-12-7-9-15(13-19)16(20)18-11-10-17/h14-15H,3-13,17H2,1-2H3,(H,18,20). The van der Waals surface area contributed by atoms with Crippen LogP contribution in [0.3, 0.4) is 0 Å². The molecule has 4 nitrogen and oxygen atoms in total. The Morgan fingerprint density at radius 3 is 2.90 bits per heavy atom. The van der Waals surface area contributed by atoms with Crippen molar-refractivity contribution in [2.24, 2.45) is 11.7 Å². The van der Waals surface area contributed by atoms with Gasteiger partial charge in [0.05, 0.1) is 5.92 Å². The minimum absolute atomic E-state index is 0.161. The van der Waals surface area contributed by atoms with E-state index >= 15 is 0 Å². The molecule has 4 heteroatoms. The first kappa shape index (κ1) is 17.4. The number of hydrogen-bond donors (Lipinski definition) is 2. The van der Waals surface area contributed by atoms with Gasteiger partial charge in [-0.15, -0.1) is 0 Å². The second-order valence-corrected chi connectivity index (χ2v) is 6.11. The predicted octanol–water partition coefficient (Wildman–Crippen LogP) is 2.13. The molecule has 1 saturated heterocycles. The Bertz CT molecular complexity index is 270. The first-order valence-corrected chi connectivity index (χ1v) is 8.40. The summed E-state index contributed by atoms with van der Waals surface area (Å²) in [5, 5.41) is 2.93. The Labute approximate surface area is 124 Å². The maximum absolute atomic E-state index is 12.0. The van der Waals surface area contributed by atoms with Gasteiger partial charge in [0.1, 0.15) is 0 Å². The van der Waals surface area contributed by atoms with Crippen molar-refractivity contribution in [3.8, 4) is 0 Å². The first-order valence-electron chi connectivity index (χ1n) is 8.40. The molecule has 0 aromatic rings. The summed E-state index contributed by atoms with van der Waals surface area (Å²) in [5.74, 6) is 0.353. The van der Waals surface area contributed by atoms with E-state index in [0.717, 1.165) is 25.9 Å². The molecule has 0 spiro atoms. The third-order valence-corrected chi connectivity index (χ3v) is 4.37. The van der Waals surface area contributed by atoms with Crippen LogP contribution in [0, 0.1) is 5.92 Å². The SMILES string of the molecule is CCCCCCC(C)N1CCCC(C(=O)NCCN)C1. The molecule has 1 heterocycles. The Morgan fingerprint density at radius 1 is 1.40 bits per heavy atom. The molecule has 0 aromatic heterocycles. The lowest BCUT2D eigenvalue weighted by Gasteiger charge is -2.36. The van der Waals surface area contributed by atoms with E-state index in [0.29, 0.717) is 19.1 Å². The molecule has 118 valence electrons. The van der Waals surface area contributed by atoms with E-state index in [1.807, 2.05) is 0 Å². The third-order valence-electron chi connectivity index (χ3n) is 4.37. The van der Waals surface area contributed by atoms with Crippen LogP contribution in [0.5, 0.6) is 0 Å². The number of amides is 1. The summed E-state index contributed by atoms with van der Waals surface area (Å²) in [6.45, 7) is 7.75. The lowest BCUT2D eigenvalue weighted by Crippen LogP contribution is -2.46. The molecule has 0 bridgehead atoms. The molecule has 3 N–H and O–H groups in total. The van der Waals surface area contributed by atoms with Crippen LogP contribution in [0.4, 0.5) is 0 Å². The zero-order valence-corrected chi connectivity index (χ0v) is 13.4. The van der Waals surface area contributed by atoms with Crippen LogP contribution in [-0.4, -0.2) is 43.0 Å². The second-order valence-electron chi connectivity index (χ2n) is 6.11. The van der Waals surface area contributed by atoms with Gasteiger partial charge in [0.15, 0.2) is 0 Å². The minimum Gasteiger partial charge on any atom is -0.355 e. The minimum atomic E-state index is 0.161. The van der Waals surface area contributed by atoms with Crippen LogP contribution in [0.25, 0.3) is 0 Å². The highest BCUT2D eigenvalue weighted by atomic mass is 16.1. The molecule has 1 rings (SSSR count). The highest BCUT2D eigenvalue weighted by molar-refractivity contribution is 5.78. The number of hydrogen-bond acceptors (Lipinski definition) is 3. The van der Waals surface area contributed by atoms with E-state index in [1.54, 1.807) is 0 Å². The van der Waals surface area contributed by atoms with Gasteiger partial charge in [-0.2, -0.15) is 0 Å². The van der Waals surface area contributed by atoms with Crippen LogP contribution in [0.2, 0.25) is 0 Å². The van der Waals surface area contributed by atoms with E-state index in [1.165, 1.54) is 32.1 Å². The van der Waals surface area contributed by atoms with Gasteiger partial charge in [0.25, 0.3) is 0 Å². The lowest BCUT2D eigenvalue weighted by molar-refractivity contribution is -0.126. The van der Waals surface area contributed by atoms with Crippen LogP contribution < -0.4 is 11.1 Å². The van der Waals surface area contributed by atoms with Crippen molar-refractivity contribution >= 4 is 5.91 Å². The Kier molecular flexibility index (Phi) is 8.86. The fourth-order valence-electron chi connectivity index (χ4n) is 3.01. The van der Waals surface area contributed by atoms with Crippen molar-refractivity contribution in [3.63, 3.8) is 0 Å². The molecule has 1 amide bonds. The number of nitrogens with two attached hydrogens (primary N) is 1. The monoisotopic (exact) mass is 283 g/mol. The van der Waals surface area contributed by atoms with Crippen molar-refractivity contribution in [3.05, 3.63) is 0 Å². The van der Waals surface area contributed by atoms with Gasteiger partial charge in [-0.25, -0.2) is 0 Å². The summed E-state index contributed by atoms with van der Waals surface area (Å²) in [6, 6.07) is 0.608. The molecule has 1 aliphatic rings. The fraction of sp³-hybridized carbons (Fsp3) is 0.938. The van der Waals surface area contributed by atoms with Crippen LogP contribution in [-0.2, 0) is 4.79 Å². The normalized spacial score (nSPS) is 21.6. The van der Waals surface area contributed by atoms with Crippen LogP contribution in [0.1, 0.15) is 58.8 Å². The van der Waals surface area contributed by atoms with Crippen LogP contribution in [0.15, 0.2) is 0 Å². The summed E-state index contributed by atoms with van der Waals surface area (Å²) < 4.78 is 0. The molecule has 2 unspecified atom stereocenters. The molecule has 0 radical (unpaired) electrons. The largest absolute Gasteiger partial charge is 0.355 e. The summed E-state index contributed by atoms with van der Waals surface area (Å²) in [5.41, 5.74) is 5.44. The molecule has 1 fully saturated rings. The topological polar surface area (TPSA) is 58.4 Å². The summed E-state index contributed by atoms with van der Waals surface area (Å²) >= 11 is 0. The van der Waals surface area contributed by atoms with Crippen molar-refractivity contribution in [2.45, 2.75) is 64.8 Å². The number of nitrogens with one attached hydrogen (secondary N) is 1. The summed E-state index contributed by atoms with van der Waals surface area (Å²) in [4.78, 5) is 14.5. The highest BCUT2D eigenvalue weighted by Crippen LogP contribution is 2.21. The maximum atomic E-state index is 12.0. The number of carbonyl (C=O) groups is 1. The van der Waals surface area contributed by atoms with Gasteiger partial charge in [-0.3, -0.25) is 9.69 Å². The molecular formula is C16H33N3O. The number of carbonyl (C=O) groups excluding carboxylic acids is 1. The molecule has 0 saturated carbocycles. The Morgan fingerprint density at radius 2 is 2.20 bits per heavy atom. The van der Waals surface area contributed by atoms with Crippen molar-refractivity contribution in [2.75, 3.05) is 26.2 Å². The molecular weight excluding hydrogens is 250 g/mol. The zero-order valence-electron chi connectivity index (χ0n) is 13.4. The Hall–Kier alpha value is -0.610. The van der Waals surface area contributed by atoms with Crippen LogP contribution >= 0.6 is 0 Å². The first-order chi connectivity index (χ1) is 9.69. The van der Waals surface area contributed by atoms with Crippen molar-refractivity contribution < 1.29 is 4.79 Å². The second kappa shape index (κ2) is 10.2.